The Kier molecular flexibility index (Phi) is 1.53. The Labute approximate surface area is 61.1 Å². The van der Waals surface area contributed by atoms with Crippen LogP contribution in [-0.2, 0) is 0 Å². The maximum Gasteiger partial charge on any atom is 0.163 e. The van der Waals surface area contributed by atoms with Gasteiger partial charge in [-0.2, -0.15) is 0 Å². The maximum absolute atomic E-state index is 4.41. The van der Waals surface area contributed by atoms with Gasteiger partial charge in [-0.1, -0.05) is 0 Å². The summed E-state index contributed by atoms with van der Waals surface area (Å²) in [4.78, 5) is 7.65. The molecule has 2 rings (SSSR count). The van der Waals surface area contributed by atoms with Crippen LogP contribution in [0, 0.1) is 5.92 Å². The summed E-state index contributed by atoms with van der Waals surface area (Å²) in [6.07, 6.45) is 8.04. The zero-order valence-electron chi connectivity index (χ0n) is 6.09. The highest BCUT2D eigenvalue weighted by atomic mass is 14.9. The van der Waals surface area contributed by atoms with Crippen molar-refractivity contribution < 1.29 is 4.99 Å². The van der Waals surface area contributed by atoms with Gasteiger partial charge in [-0.25, -0.2) is 4.99 Å². The maximum atomic E-state index is 4.41. The fraction of sp³-hybridized carbons (Fsp3) is 0.750. The van der Waals surface area contributed by atoms with Gasteiger partial charge in [0.05, 0.1) is 0 Å². The SMILES string of the molecule is C1=NC2C=[NH+]CCC2CC1. The lowest BCUT2D eigenvalue weighted by atomic mass is 9.89. The van der Waals surface area contributed by atoms with Gasteiger partial charge in [0, 0.05) is 6.42 Å². The molecular formula is C8H13N2+. The van der Waals surface area contributed by atoms with Crippen molar-refractivity contribution in [2.24, 2.45) is 10.9 Å². The van der Waals surface area contributed by atoms with E-state index in [1.54, 1.807) is 0 Å². The van der Waals surface area contributed by atoms with E-state index in [0.29, 0.717) is 6.04 Å². The molecule has 0 amide bonds. The van der Waals surface area contributed by atoms with Gasteiger partial charge in [0.25, 0.3) is 0 Å². The number of hydrogen-bond donors (Lipinski definition) is 1. The van der Waals surface area contributed by atoms with E-state index in [4.69, 9.17) is 0 Å². The van der Waals surface area contributed by atoms with Crippen LogP contribution in [0.4, 0.5) is 0 Å². The van der Waals surface area contributed by atoms with Gasteiger partial charge in [-0.3, -0.25) is 4.99 Å². The number of fused-ring (bicyclic) bond motifs is 1. The van der Waals surface area contributed by atoms with Crippen LogP contribution in [-0.4, -0.2) is 25.0 Å². The average Bonchev–Trinajstić information content (AvgIpc) is 2.05. The number of nitrogens with zero attached hydrogens (tertiary/aromatic N) is 1. The Balaban J connectivity index is 2.15. The smallest absolute Gasteiger partial charge is 0.163 e. The van der Waals surface area contributed by atoms with E-state index in [0.717, 1.165) is 12.5 Å². The highest BCUT2D eigenvalue weighted by Gasteiger charge is 2.26. The first-order valence-electron chi connectivity index (χ1n) is 4.05. The minimum atomic E-state index is 0.488. The van der Waals surface area contributed by atoms with Gasteiger partial charge in [-0.05, 0) is 25.0 Å². The first-order valence-corrected chi connectivity index (χ1v) is 4.05. The largest absolute Gasteiger partial charge is 0.283 e. The standard InChI is InChI=1S/C8H12N2/c1-2-7-3-5-9-6-8(7)10-4-1/h4,6-8H,1-3,5H2/p+1. The Hall–Kier alpha value is -0.660. The van der Waals surface area contributed by atoms with Crippen LogP contribution < -0.4 is 4.99 Å². The van der Waals surface area contributed by atoms with Crippen LogP contribution in [0.5, 0.6) is 0 Å². The van der Waals surface area contributed by atoms with Crippen molar-refractivity contribution >= 4 is 12.4 Å². The summed E-state index contributed by atoms with van der Waals surface area (Å²) in [5.41, 5.74) is 0. The van der Waals surface area contributed by atoms with Gasteiger partial charge >= 0.3 is 0 Å². The molecule has 2 unspecified atom stereocenters. The highest BCUT2D eigenvalue weighted by molar-refractivity contribution is 5.67. The summed E-state index contributed by atoms with van der Waals surface area (Å²) in [5.74, 6) is 0.839. The van der Waals surface area contributed by atoms with E-state index in [9.17, 15) is 0 Å². The van der Waals surface area contributed by atoms with Crippen molar-refractivity contribution in [3.05, 3.63) is 0 Å². The van der Waals surface area contributed by atoms with Crippen LogP contribution in [0.15, 0.2) is 4.99 Å². The minimum Gasteiger partial charge on any atom is -0.283 e. The third kappa shape index (κ3) is 0.981. The third-order valence-corrected chi connectivity index (χ3v) is 2.38. The second-order valence-electron chi connectivity index (χ2n) is 3.07. The minimum absolute atomic E-state index is 0.488. The number of rotatable bonds is 0. The third-order valence-electron chi connectivity index (χ3n) is 2.38. The van der Waals surface area contributed by atoms with Crippen molar-refractivity contribution in [3.63, 3.8) is 0 Å². The molecule has 0 fully saturated rings. The molecule has 2 atom stereocenters. The van der Waals surface area contributed by atoms with E-state index in [2.05, 4.69) is 22.4 Å². The van der Waals surface area contributed by atoms with Crippen LogP contribution in [0.3, 0.4) is 0 Å². The molecule has 0 spiro atoms. The van der Waals surface area contributed by atoms with E-state index >= 15 is 0 Å². The molecule has 2 heteroatoms. The Morgan fingerprint density at radius 1 is 1.40 bits per heavy atom. The highest BCUT2D eigenvalue weighted by Crippen LogP contribution is 2.20. The van der Waals surface area contributed by atoms with Crippen LogP contribution in [0.2, 0.25) is 0 Å². The number of hydrogen-bond acceptors (Lipinski definition) is 1. The lowest BCUT2D eigenvalue weighted by Gasteiger charge is -2.23. The van der Waals surface area contributed by atoms with Crippen molar-refractivity contribution in [1.82, 2.24) is 0 Å². The molecule has 2 nitrogen and oxygen atoms in total. The molecule has 0 saturated heterocycles. The van der Waals surface area contributed by atoms with Crippen LogP contribution in [0.25, 0.3) is 0 Å². The lowest BCUT2D eigenvalue weighted by molar-refractivity contribution is -0.461. The van der Waals surface area contributed by atoms with Gasteiger partial charge in [0.1, 0.15) is 12.6 Å². The molecule has 54 valence electrons. The molecule has 2 aliphatic heterocycles. The zero-order chi connectivity index (χ0) is 6.81. The summed E-state index contributed by atoms with van der Waals surface area (Å²) in [6, 6.07) is 0.488. The summed E-state index contributed by atoms with van der Waals surface area (Å²) in [6.45, 7) is 1.15. The lowest BCUT2D eigenvalue weighted by Crippen LogP contribution is -2.74. The first kappa shape index (κ1) is 6.08. The van der Waals surface area contributed by atoms with Gasteiger partial charge in [0.2, 0.25) is 0 Å². The topological polar surface area (TPSA) is 26.3 Å². The molecule has 0 aromatic rings. The molecule has 2 aliphatic rings. The molecule has 1 N–H and O–H groups in total. The summed E-state index contributed by atoms with van der Waals surface area (Å²) in [7, 11) is 0. The number of nitrogens with one attached hydrogen (secondary N) is 1. The van der Waals surface area contributed by atoms with E-state index < -0.39 is 0 Å². The zero-order valence-corrected chi connectivity index (χ0v) is 6.09. The van der Waals surface area contributed by atoms with Gasteiger partial charge in [-0.15, -0.1) is 0 Å². The molecule has 0 aromatic carbocycles. The number of aliphatic imine (C=N–C) groups is 1. The van der Waals surface area contributed by atoms with Crippen molar-refractivity contribution in [3.8, 4) is 0 Å². The monoisotopic (exact) mass is 137 g/mol. The Morgan fingerprint density at radius 2 is 2.40 bits per heavy atom. The summed E-state index contributed by atoms with van der Waals surface area (Å²) in [5, 5.41) is 0. The Bertz CT molecular complexity index is 154. The van der Waals surface area contributed by atoms with Crippen LogP contribution >= 0.6 is 0 Å². The summed E-state index contributed by atoms with van der Waals surface area (Å²) < 4.78 is 0. The van der Waals surface area contributed by atoms with Gasteiger partial charge in [0.15, 0.2) is 6.21 Å². The first-order chi connectivity index (χ1) is 4.97. The fourth-order valence-corrected chi connectivity index (χ4v) is 1.74. The molecule has 0 saturated carbocycles. The fourth-order valence-electron chi connectivity index (χ4n) is 1.74. The van der Waals surface area contributed by atoms with Gasteiger partial charge < -0.3 is 0 Å². The Morgan fingerprint density at radius 3 is 3.30 bits per heavy atom. The molecule has 2 heterocycles. The predicted octanol–water partition coefficient (Wildman–Crippen LogP) is -0.609. The molecule has 0 aromatic heterocycles. The molecular weight excluding hydrogens is 124 g/mol. The van der Waals surface area contributed by atoms with Crippen LogP contribution in [0.1, 0.15) is 19.3 Å². The average molecular weight is 137 g/mol. The van der Waals surface area contributed by atoms with E-state index in [-0.39, 0.29) is 0 Å². The summed E-state index contributed by atoms with van der Waals surface area (Å²) >= 11 is 0. The normalized spacial score (nSPS) is 37.6. The predicted molar refractivity (Wildman–Crippen MR) is 41.5 cm³/mol. The molecule has 0 radical (unpaired) electrons. The molecule has 0 aliphatic carbocycles. The molecule has 0 bridgehead atoms. The van der Waals surface area contributed by atoms with E-state index in [1.165, 1.54) is 19.3 Å². The molecule has 10 heavy (non-hydrogen) atoms. The van der Waals surface area contributed by atoms with E-state index in [1.807, 2.05) is 0 Å². The second kappa shape index (κ2) is 2.52. The second-order valence-corrected chi connectivity index (χ2v) is 3.07. The van der Waals surface area contributed by atoms with Crippen molar-refractivity contribution in [2.45, 2.75) is 25.3 Å². The quantitative estimate of drug-likeness (QED) is 0.461. The van der Waals surface area contributed by atoms with Crippen molar-refractivity contribution in [2.75, 3.05) is 6.54 Å². The van der Waals surface area contributed by atoms with Crippen molar-refractivity contribution in [1.29, 1.82) is 0 Å².